The van der Waals surface area contributed by atoms with Crippen LogP contribution in [0, 0.1) is 5.92 Å². The van der Waals surface area contributed by atoms with E-state index in [0.29, 0.717) is 28.0 Å². The van der Waals surface area contributed by atoms with E-state index in [9.17, 15) is 22.8 Å². The standard InChI is InChI=1S/C29H30F3NO5/c1-7-8-20(36-4)15-33-28(35)17(3)26-16(2)22(21-10-9-19(14-23(21)26)29(30,31)32)11-18-12-24(37-5)27(34)25(13-18)38-6/h7-14,17,26H,1,15H2,2-6H3,(H,33,35)/b20-8-. The number of carbonyl (C=O) groups is 2. The van der Waals surface area contributed by atoms with E-state index in [1.165, 1.54) is 45.6 Å². The van der Waals surface area contributed by atoms with E-state index in [-0.39, 0.29) is 24.0 Å². The van der Waals surface area contributed by atoms with E-state index in [1.807, 2.05) is 0 Å². The van der Waals surface area contributed by atoms with Gasteiger partial charge in [-0.15, -0.1) is 0 Å². The largest absolute Gasteiger partial charge is 0.499 e. The summed E-state index contributed by atoms with van der Waals surface area (Å²) in [5.41, 5.74) is 2.13. The molecule has 0 bridgehead atoms. The van der Waals surface area contributed by atoms with Crippen molar-refractivity contribution >= 4 is 17.3 Å². The van der Waals surface area contributed by atoms with Crippen LogP contribution >= 0.6 is 0 Å². The van der Waals surface area contributed by atoms with Gasteiger partial charge in [-0.2, -0.15) is 13.2 Å². The zero-order valence-electron chi connectivity index (χ0n) is 21.9. The number of carbonyl (C=O) groups excluding carboxylic acids is 2. The summed E-state index contributed by atoms with van der Waals surface area (Å²) < 4.78 is 56.4. The van der Waals surface area contributed by atoms with Crippen LogP contribution in [0.2, 0.25) is 0 Å². The van der Waals surface area contributed by atoms with E-state index < -0.39 is 29.4 Å². The van der Waals surface area contributed by atoms with Crippen LogP contribution < -0.4 is 5.32 Å². The van der Waals surface area contributed by atoms with Gasteiger partial charge in [0.1, 0.15) is 5.76 Å². The first-order valence-electron chi connectivity index (χ1n) is 11.8. The predicted octanol–water partition coefficient (Wildman–Crippen LogP) is 5.61. The number of hydrogen-bond donors (Lipinski definition) is 1. The molecule has 2 aliphatic carbocycles. The number of allylic oxidation sites excluding steroid dienone is 8. The summed E-state index contributed by atoms with van der Waals surface area (Å²) in [6.07, 6.45) is 3.43. The first-order valence-corrected chi connectivity index (χ1v) is 11.8. The summed E-state index contributed by atoms with van der Waals surface area (Å²) >= 11 is 0. The van der Waals surface area contributed by atoms with Crippen LogP contribution in [0.15, 0.2) is 83.6 Å². The van der Waals surface area contributed by atoms with Crippen molar-refractivity contribution in [2.45, 2.75) is 25.9 Å². The van der Waals surface area contributed by atoms with Crippen LogP contribution in [-0.4, -0.2) is 39.6 Å². The van der Waals surface area contributed by atoms with Crippen LogP contribution in [0.1, 0.15) is 36.5 Å². The topological polar surface area (TPSA) is 73.9 Å². The third kappa shape index (κ3) is 5.77. The molecule has 2 aliphatic rings. The van der Waals surface area contributed by atoms with Gasteiger partial charge in [0.15, 0.2) is 11.5 Å². The number of methoxy groups -OCH3 is 3. The minimum atomic E-state index is -4.54. The van der Waals surface area contributed by atoms with Gasteiger partial charge in [0.2, 0.25) is 5.91 Å². The second-order valence-electron chi connectivity index (χ2n) is 8.85. The highest BCUT2D eigenvalue weighted by molar-refractivity contribution is 6.07. The van der Waals surface area contributed by atoms with Crippen molar-refractivity contribution in [2.75, 3.05) is 27.9 Å². The Morgan fingerprint density at radius 3 is 2.32 bits per heavy atom. The van der Waals surface area contributed by atoms with Crippen LogP contribution in [0.25, 0.3) is 5.57 Å². The maximum Gasteiger partial charge on any atom is 0.416 e. The number of amides is 1. The van der Waals surface area contributed by atoms with Gasteiger partial charge in [-0.3, -0.25) is 9.59 Å². The highest BCUT2D eigenvalue weighted by Gasteiger charge is 2.38. The maximum atomic E-state index is 13.6. The Morgan fingerprint density at radius 2 is 1.79 bits per heavy atom. The van der Waals surface area contributed by atoms with Gasteiger partial charge < -0.3 is 19.5 Å². The van der Waals surface area contributed by atoms with E-state index in [0.717, 1.165) is 17.7 Å². The average molecular weight is 530 g/mol. The number of hydrogen-bond acceptors (Lipinski definition) is 5. The molecular weight excluding hydrogens is 499 g/mol. The number of halogens is 3. The second-order valence-corrected chi connectivity index (χ2v) is 8.85. The number of rotatable bonds is 9. The van der Waals surface area contributed by atoms with Crippen LogP contribution in [-0.2, 0) is 30.0 Å². The molecule has 0 radical (unpaired) electrons. The summed E-state index contributed by atoms with van der Waals surface area (Å²) in [6, 6.07) is 3.55. The highest BCUT2D eigenvalue weighted by Crippen LogP contribution is 2.48. The van der Waals surface area contributed by atoms with Gasteiger partial charge in [-0.1, -0.05) is 31.2 Å². The minimum absolute atomic E-state index is 0.0744. The molecule has 0 aromatic heterocycles. The van der Waals surface area contributed by atoms with E-state index in [2.05, 4.69) is 11.9 Å². The van der Waals surface area contributed by atoms with Crippen molar-refractivity contribution in [2.24, 2.45) is 5.92 Å². The molecule has 1 aromatic carbocycles. The van der Waals surface area contributed by atoms with E-state index in [1.54, 1.807) is 26.0 Å². The van der Waals surface area contributed by atoms with Crippen molar-refractivity contribution in [3.63, 3.8) is 0 Å². The maximum absolute atomic E-state index is 13.6. The molecule has 0 saturated carbocycles. The third-order valence-corrected chi connectivity index (χ3v) is 6.61. The van der Waals surface area contributed by atoms with Crippen molar-refractivity contribution < 1.29 is 37.0 Å². The molecular formula is C29H30F3NO5. The fraction of sp³-hybridized carbons (Fsp3) is 0.310. The molecule has 1 amide bonds. The molecule has 0 spiro atoms. The molecule has 3 rings (SSSR count). The van der Waals surface area contributed by atoms with Crippen LogP contribution in [0.5, 0.6) is 0 Å². The van der Waals surface area contributed by atoms with Gasteiger partial charge in [-0.25, -0.2) is 0 Å². The number of fused-ring (bicyclic) bond motifs is 1. The molecule has 2 unspecified atom stereocenters. The lowest BCUT2D eigenvalue weighted by atomic mass is 9.83. The minimum Gasteiger partial charge on any atom is -0.499 e. The van der Waals surface area contributed by atoms with Crippen molar-refractivity contribution in [1.82, 2.24) is 5.32 Å². The van der Waals surface area contributed by atoms with Crippen LogP contribution in [0.4, 0.5) is 13.2 Å². The van der Waals surface area contributed by atoms with Gasteiger partial charge in [0, 0.05) is 11.8 Å². The molecule has 9 heteroatoms. The number of benzene rings is 1. The zero-order valence-corrected chi connectivity index (χ0v) is 21.9. The van der Waals surface area contributed by atoms with Gasteiger partial charge in [0.25, 0.3) is 5.78 Å². The molecule has 0 saturated heterocycles. The Hall–Kier alpha value is -4.01. The Bertz CT molecular complexity index is 1270. The fourth-order valence-corrected chi connectivity index (χ4v) is 4.66. The number of ketones is 1. The molecule has 202 valence electrons. The lowest BCUT2D eigenvalue weighted by Crippen LogP contribution is -2.34. The summed E-state index contributed by atoms with van der Waals surface area (Å²) in [5.74, 6) is -1.43. The summed E-state index contributed by atoms with van der Waals surface area (Å²) in [4.78, 5) is 25.5. The molecule has 0 heterocycles. The molecule has 38 heavy (non-hydrogen) atoms. The van der Waals surface area contributed by atoms with Gasteiger partial charge >= 0.3 is 6.18 Å². The Labute approximate surface area is 219 Å². The zero-order chi connectivity index (χ0) is 28.2. The van der Waals surface area contributed by atoms with Crippen molar-refractivity contribution in [3.05, 3.63) is 100 Å². The predicted molar refractivity (Wildman–Crippen MR) is 138 cm³/mol. The molecule has 2 atom stereocenters. The lowest BCUT2D eigenvalue weighted by Gasteiger charge is -2.23. The molecule has 0 aliphatic heterocycles. The monoisotopic (exact) mass is 529 g/mol. The Morgan fingerprint density at radius 1 is 1.16 bits per heavy atom. The normalized spacial score (nSPS) is 18.3. The molecule has 0 fully saturated rings. The number of ether oxygens (including phenoxy) is 3. The molecule has 6 nitrogen and oxygen atoms in total. The fourth-order valence-electron chi connectivity index (χ4n) is 4.66. The first kappa shape index (κ1) is 28.6. The highest BCUT2D eigenvalue weighted by atomic mass is 19.4. The van der Waals surface area contributed by atoms with Crippen molar-refractivity contribution in [3.8, 4) is 0 Å². The van der Waals surface area contributed by atoms with Crippen molar-refractivity contribution in [1.29, 1.82) is 0 Å². The first-order chi connectivity index (χ1) is 18.0. The van der Waals surface area contributed by atoms with E-state index in [4.69, 9.17) is 14.2 Å². The summed E-state index contributed by atoms with van der Waals surface area (Å²) in [7, 11) is 4.20. The SMILES string of the molecule is C=C/C=C(/CNC(=O)C(C)C1C(C)=C(C=C2C=C(OC)C(=O)C(OC)=C2)c2ccc(C(F)(F)F)cc21)OC. The van der Waals surface area contributed by atoms with Gasteiger partial charge in [-0.05, 0) is 65.6 Å². The Kier molecular flexibility index (Phi) is 8.70. The quantitative estimate of drug-likeness (QED) is 0.332. The molecule has 1 N–H and O–H groups in total. The average Bonchev–Trinajstić information content (AvgIpc) is 3.16. The number of alkyl halides is 3. The number of nitrogens with one attached hydrogen (secondary N) is 1. The van der Waals surface area contributed by atoms with Crippen LogP contribution in [0.3, 0.4) is 0 Å². The third-order valence-electron chi connectivity index (χ3n) is 6.61. The number of Topliss-reactive ketones (excluding diaryl/α,β-unsaturated/α-hetero) is 1. The molecule has 1 aromatic rings. The van der Waals surface area contributed by atoms with E-state index >= 15 is 0 Å². The lowest BCUT2D eigenvalue weighted by molar-refractivity contribution is -0.137. The second kappa shape index (κ2) is 11.6. The summed E-state index contributed by atoms with van der Waals surface area (Å²) in [6.45, 7) is 7.18. The smallest absolute Gasteiger partial charge is 0.416 e. The van der Waals surface area contributed by atoms with Gasteiger partial charge in [0.05, 0.1) is 33.4 Å². The summed E-state index contributed by atoms with van der Waals surface area (Å²) in [5, 5.41) is 2.79. The Balaban J connectivity index is 2.09.